The number of nitrogen functional groups attached to an aromatic ring is 1. The van der Waals surface area contributed by atoms with Crippen LogP contribution in [-0.2, 0) is 0 Å². The van der Waals surface area contributed by atoms with E-state index in [0.29, 0.717) is 6.04 Å². The van der Waals surface area contributed by atoms with Gasteiger partial charge < -0.3 is 5.73 Å². The lowest BCUT2D eigenvalue weighted by Gasteiger charge is -2.17. The number of aromatic nitrogens is 4. The van der Waals surface area contributed by atoms with E-state index < -0.39 is 0 Å². The Kier molecular flexibility index (Phi) is 3.42. The summed E-state index contributed by atoms with van der Waals surface area (Å²) in [5.74, 6) is 1.64. The quantitative estimate of drug-likeness (QED) is 0.849. The van der Waals surface area contributed by atoms with Gasteiger partial charge in [-0.3, -0.25) is 0 Å². The van der Waals surface area contributed by atoms with Crippen LogP contribution in [0.4, 0.5) is 5.69 Å². The van der Waals surface area contributed by atoms with Gasteiger partial charge in [-0.1, -0.05) is 31.4 Å². The smallest absolute Gasteiger partial charge is 0.184 e. The van der Waals surface area contributed by atoms with E-state index in [1.165, 1.54) is 24.8 Å². The largest absolute Gasteiger partial charge is 0.398 e. The molecule has 1 unspecified atom stereocenters. The summed E-state index contributed by atoms with van der Waals surface area (Å²) < 4.78 is 1.96. The van der Waals surface area contributed by atoms with Crippen molar-refractivity contribution in [2.24, 2.45) is 5.92 Å². The van der Waals surface area contributed by atoms with E-state index in [1.54, 1.807) is 0 Å². The molecule has 106 valence electrons. The van der Waals surface area contributed by atoms with Crippen molar-refractivity contribution < 1.29 is 0 Å². The summed E-state index contributed by atoms with van der Waals surface area (Å²) in [6, 6.07) is 6.36. The molecule has 2 aromatic rings. The summed E-state index contributed by atoms with van der Waals surface area (Å²) in [7, 11) is 0. The zero-order valence-electron chi connectivity index (χ0n) is 12.1. The maximum Gasteiger partial charge on any atom is 0.184 e. The van der Waals surface area contributed by atoms with Crippen molar-refractivity contribution in [2.45, 2.75) is 45.6 Å². The third-order valence-corrected chi connectivity index (χ3v) is 4.06. The molecule has 0 radical (unpaired) electrons. The molecular formula is C15H21N5. The summed E-state index contributed by atoms with van der Waals surface area (Å²) in [6.07, 6.45) is 4.90. The Bertz CT molecular complexity index is 600. The van der Waals surface area contributed by atoms with Gasteiger partial charge in [-0.15, -0.1) is 5.10 Å². The Morgan fingerprint density at radius 2 is 2.20 bits per heavy atom. The molecule has 1 aromatic carbocycles. The third-order valence-electron chi connectivity index (χ3n) is 4.06. The van der Waals surface area contributed by atoms with Crippen molar-refractivity contribution in [3.05, 3.63) is 23.8 Å². The molecule has 0 saturated heterocycles. The minimum Gasteiger partial charge on any atom is -0.398 e. The summed E-state index contributed by atoms with van der Waals surface area (Å²) in [5, 5.41) is 12.3. The molecular weight excluding hydrogens is 250 g/mol. The van der Waals surface area contributed by atoms with E-state index in [4.69, 9.17) is 5.73 Å². The normalized spacial score (nSPS) is 16.3. The van der Waals surface area contributed by atoms with Crippen LogP contribution in [0.1, 0.15) is 44.2 Å². The van der Waals surface area contributed by atoms with Gasteiger partial charge in [-0.05, 0) is 48.2 Å². The van der Waals surface area contributed by atoms with Crippen molar-refractivity contribution in [3.8, 4) is 11.4 Å². The first kappa shape index (κ1) is 13.1. The Morgan fingerprint density at radius 3 is 2.90 bits per heavy atom. The van der Waals surface area contributed by atoms with Gasteiger partial charge in [-0.25, -0.2) is 4.68 Å². The van der Waals surface area contributed by atoms with Gasteiger partial charge in [0, 0.05) is 11.3 Å². The minimum atomic E-state index is 0.368. The number of hydrogen-bond donors (Lipinski definition) is 1. The molecule has 5 heteroatoms. The first-order valence-corrected chi connectivity index (χ1v) is 7.33. The van der Waals surface area contributed by atoms with Gasteiger partial charge in [0.25, 0.3) is 0 Å². The highest BCUT2D eigenvalue weighted by Crippen LogP contribution is 2.38. The highest BCUT2D eigenvalue weighted by molar-refractivity contribution is 5.72. The van der Waals surface area contributed by atoms with Gasteiger partial charge in [0.15, 0.2) is 5.82 Å². The topological polar surface area (TPSA) is 69.6 Å². The number of benzene rings is 1. The molecule has 1 saturated carbocycles. The third kappa shape index (κ3) is 2.53. The molecule has 3 rings (SSSR count). The Morgan fingerprint density at radius 1 is 1.40 bits per heavy atom. The highest BCUT2D eigenvalue weighted by atomic mass is 15.5. The Labute approximate surface area is 119 Å². The summed E-state index contributed by atoms with van der Waals surface area (Å²) >= 11 is 0. The fourth-order valence-electron chi connectivity index (χ4n) is 2.66. The van der Waals surface area contributed by atoms with Crippen LogP contribution in [0.5, 0.6) is 0 Å². The maximum absolute atomic E-state index is 6.10. The molecule has 0 aliphatic heterocycles. The number of tetrazole rings is 1. The molecule has 2 N–H and O–H groups in total. The molecule has 20 heavy (non-hydrogen) atoms. The lowest BCUT2D eigenvalue weighted by Crippen LogP contribution is -2.13. The zero-order valence-corrected chi connectivity index (χ0v) is 12.1. The van der Waals surface area contributed by atoms with E-state index in [2.05, 4.69) is 35.4 Å². The van der Waals surface area contributed by atoms with Crippen LogP contribution in [0.2, 0.25) is 0 Å². The van der Waals surface area contributed by atoms with Crippen molar-refractivity contribution in [1.82, 2.24) is 20.2 Å². The van der Waals surface area contributed by atoms with Crippen molar-refractivity contribution in [3.63, 3.8) is 0 Å². The van der Waals surface area contributed by atoms with Crippen LogP contribution >= 0.6 is 0 Å². The van der Waals surface area contributed by atoms with Crippen molar-refractivity contribution >= 4 is 5.69 Å². The number of hydrogen-bond acceptors (Lipinski definition) is 4. The Hall–Kier alpha value is -1.91. The standard InChI is InChI=1S/C15H21N5/c1-3-12(9-11-5-6-11)20-15(17-18-19-20)13-8-10(2)4-7-14(13)16/h4,7-8,11-12H,3,5-6,9,16H2,1-2H3. The molecule has 1 aromatic heterocycles. The average molecular weight is 271 g/mol. The minimum absolute atomic E-state index is 0.368. The van der Waals surface area contributed by atoms with Gasteiger partial charge in [0.2, 0.25) is 0 Å². The average Bonchev–Trinajstić information content (AvgIpc) is 3.14. The van der Waals surface area contributed by atoms with Crippen LogP contribution in [-0.4, -0.2) is 20.2 Å². The molecule has 5 nitrogen and oxygen atoms in total. The van der Waals surface area contributed by atoms with E-state index in [0.717, 1.165) is 29.4 Å². The second kappa shape index (κ2) is 5.23. The second-order valence-corrected chi connectivity index (χ2v) is 5.78. The number of anilines is 1. The second-order valence-electron chi connectivity index (χ2n) is 5.78. The van der Waals surface area contributed by atoms with E-state index in [1.807, 2.05) is 16.8 Å². The molecule has 1 atom stereocenters. The predicted molar refractivity (Wildman–Crippen MR) is 79.1 cm³/mol. The van der Waals surface area contributed by atoms with Crippen LogP contribution < -0.4 is 5.73 Å². The molecule has 0 spiro atoms. The fraction of sp³-hybridized carbons (Fsp3) is 0.533. The maximum atomic E-state index is 6.10. The molecule has 0 bridgehead atoms. The Balaban J connectivity index is 1.97. The van der Waals surface area contributed by atoms with Gasteiger partial charge >= 0.3 is 0 Å². The SMILES string of the molecule is CCC(CC1CC1)n1nnnc1-c1cc(C)ccc1N. The number of nitrogens with zero attached hydrogens (tertiary/aromatic N) is 4. The van der Waals surface area contributed by atoms with Gasteiger partial charge in [0.05, 0.1) is 6.04 Å². The van der Waals surface area contributed by atoms with Gasteiger partial charge in [-0.2, -0.15) is 0 Å². The molecule has 0 amide bonds. The highest BCUT2D eigenvalue weighted by Gasteiger charge is 2.28. The first-order valence-electron chi connectivity index (χ1n) is 7.33. The van der Waals surface area contributed by atoms with Crippen LogP contribution in [0.25, 0.3) is 11.4 Å². The summed E-state index contributed by atoms with van der Waals surface area (Å²) in [4.78, 5) is 0. The number of rotatable bonds is 5. The fourth-order valence-corrected chi connectivity index (χ4v) is 2.66. The monoisotopic (exact) mass is 271 g/mol. The first-order chi connectivity index (χ1) is 9.69. The summed E-state index contributed by atoms with van der Waals surface area (Å²) in [6.45, 7) is 4.25. The van der Waals surface area contributed by atoms with Crippen molar-refractivity contribution in [1.29, 1.82) is 0 Å². The zero-order chi connectivity index (χ0) is 14.1. The van der Waals surface area contributed by atoms with Crippen LogP contribution in [0, 0.1) is 12.8 Å². The van der Waals surface area contributed by atoms with Gasteiger partial charge in [0.1, 0.15) is 0 Å². The van der Waals surface area contributed by atoms with Crippen LogP contribution in [0.15, 0.2) is 18.2 Å². The number of nitrogens with two attached hydrogens (primary N) is 1. The van der Waals surface area contributed by atoms with E-state index in [9.17, 15) is 0 Å². The molecule has 1 heterocycles. The van der Waals surface area contributed by atoms with Crippen molar-refractivity contribution in [2.75, 3.05) is 5.73 Å². The molecule has 1 aliphatic carbocycles. The number of aryl methyl sites for hydroxylation is 1. The van der Waals surface area contributed by atoms with E-state index >= 15 is 0 Å². The molecule has 1 aliphatic rings. The van der Waals surface area contributed by atoms with Crippen LogP contribution in [0.3, 0.4) is 0 Å². The summed E-state index contributed by atoms with van der Waals surface area (Å²) in [5.41, 5.74) is 8.93. The molecule has 1 fully saturated rings. The lowest BCUT2D eigenvalue weighted by atomic mass is 10.1. The van der Waals surface area contributed by atoms with E-state index in [-0.39, 0.29) is 0 Å². The predicted octanol–water partition coefficient (Wildman–Crippen LogP) is 2.98. The lowest BCUT2D eigenvalue weighted by molar-refractivity contribution is 0.388.